The van der Waals surface area contributed by atoms with Gasteiger partial charge in [-0.25, -0.2) is 0 Å². The third kappa shape index (κ3) is 4.29. The maximum atomic E-state index is 6.46. The van der Waals surface area contributed by atoms with Crippen molar-refractivity contribution in [2.45, 2.75) is 46.2 Å². The first kappa shape index (κ1) is 16.5. The smallest absolute Gasteiger partial charge is 0.0427 e. The van der Waals surface area contributed by atoms with Gasteiger partial charge in [-0.05, 0) is 38.3 Å². The van der Waals surface area contributed by atoms with Crippen LogP contribution in [0.5, 0.6) is 0 Å². The van der Waals surface area contributed by atoms with Crippen LogP contribution in [-0.4, -0.2) is 48.6 Å². The fourth-order valence-electron chi connectivity index (χ4n) is 3.18. The third-order valence-electron chi connectivity index (χ3n) is 4.91. The Morgan fingerprint density at radius 1 is 1.14 bits per heavy atom. The van der Waals surface area contributed by atoms with Gasteiger partial charge in [-0.3, -0.25) is 9.80 Å². The summed E-state index contributed by atoms with van der Waals surface area (Å²) in [5.41, 5.74) is 10.4. The van der Waals surface area contributed by atoms with Crippen molar-refractivity contribution < 1.29 is 0 Å². The van der Waals surface area contributed by atoms with Crippen molar-refractivity contribution in [1.29, 1.82) is 0 Å². The van der Waals surface area contributed by atoms with Crippen LogP contribution in [-0.2, 0) is 0 Å². The fourth-order valence-corrected chi connectivity index (χ4v) is 3.18. The maximum absolute atomic E-state index is 6.46. The lowest BCUT2D eigenvalue weighted by Gasteiger charge is -2.38. The minimum absolute atomic E-state index is 0.125. The van der Waals surface area contributed by atoms with Gasteiger partial charge in [0.15, 0.2) is 0 Å². The Balaban J connectivity index is 1.89. The second-order valence-corrected chi connectivity index (χ2v) is 6.56. The first-order chi connectivity index (χ1) is 10.0. The van der Waals surface area contributed by atoms with Crippen LogP contribution in [0.2, 0.25) is 0 Å². The molecule has 3 heteroatoms. The molecule has 1 aromatic carbocycles. The van der Waals surface area contributed by atoms with Crippen molar-refractivity contribution >= 4 is 0 Å². The van der Waals surface area contributed by atoms with Gasteiger partial charge in [0.05, 0.1) is 0 Å². The van der Waals surface area contributed by atoms with E-state index in [9.17, 15) is 0 Å². The molecule has 0 radical (unpaired) electrons. The average Bonchev–Trinajstić information content (AvgIpc) is 2.49. The van der Waals surface area contributed by atoms with Crippen LogP contribution in [0.4, 0.5) is 0 Å². The van der Waals surface area contributed by atoms with E-state index in [0.717, 1.165) is 19.6 Å². The van der Waals surface area contributed by atoms with E-state index in [4.69, 9.17) is 5.73 Å². The van der Waals surface area contributed by atoms with Crippen LogP contribution in [0.15, 0.2) is 18.2 Å². The molecular weight excluding hydrogens is 258 g/mol. The highest BCUT2D eigenvalue weighted by molar-refractivity contribution is 5.33. The second kappa shape index (κ2) is 7.39. The molecule has 3 nitrogen and oxygen atoms in total. The Morgan fingerprint density at radius 2 is 1.81 bits per heavy atom. The molecular formula is C18H31N3. The fraction of sp³-hybridized carbons (Fsp3) is 0.667. The zero-order valence-electron chi connectivity index (χ0n) is 14.1. The first-order valence-corrected chi connectivity index (χ1v) is 8.30. The summed E-state index contributed by atoms with van der Waals surface area (Å²) in [5.74, 6) is 0. The zero-order valence-corrected chi connectivity index (χ0v) is 14.1. The van der Waals surface area contributed by atoms with E-state index in [-0.39, 0.29) is 6.04 Å². The number of nitrogens with zero attached hydrogens (tertiary/aromatic N) is 2. The molecule has 0 amide bonds. The van der Waals surface area contributed by atoms with Gasteiger partial charge in [-0.2, -0.15) is 0 Å². The monoisotopic (exact) mass is 289 g/mol. The lowest BCUT2D eigenvalue weighted by molar-refractivity contribution is 0.0968. The number of aryl methyl sites for hydroxylation is 2. The Morgan fingerprint density at radius 3 is 2.43 bits per heavy atom. The van der Waals surface area contributed by atoms with Gasteiger partial charge in [0.1, 0.15) is 0 Å². The molecule has 1 aliphatic rings. The van der Waals surface area contributed by atoms with E-state index < -0.39 is 0 Å². The van der Waals surface area contributed by atoms with Crippen LogP contribution < -0.4 is 5.73 Å². The summed E-state index contributed by atoms with van der Waals surface area (Å²) < 4.78 is 0. The predicted molar refractivity (Wildman–Crippen MR) is 90.6 cm³/mol. The molecule has 1 aromatic rings. The van der Waals surface area contributed by atoms with Gasteiger partial charge in [-0.1, -0.05) is 30.7 Å². The first-order valence-electron chi connectivity index (χ1n) is 8.30. The molecule has 0 spiro atoms. The van der Waals surface area contributed by atoms with Crippen molar-refractivity contribution in [2.24, 2.45) is 5.73 Å². The molecule has 2 N–H and O–H groups in total. The normalized spacial score (nSPS) is 20.4. The molecule has 0 aromatic heterocycles. The van der Waals surface area contributed by atoms with Gasteiger partial charge < -0.3 is 5.73 Å². The van der Waals surface area contributed by atoms with Gasteiger partial charge >= 0.3 is 0 Å². The quantitative estimate of drug-likeness (QED) is 0.904. The summed E-state index contributed by atoms with van der Waals surface area (Å²) in [5, 5.41) is 0. The Hall–Kier alpha value is -0.900. The van der Waals surface area contributed by atoms with E-state index >= 15 is 0 Å². The van der Waals surface area contributed by atoms with Gasteiger partial charge in [-0.15, -0.1) is 0 Å². The summed E-state index contributed by atoms with van der Waals surface area (Å²) in [6, 6.07) is 7.43. The Labute approximate surface area is 130 Å². The topological polar surface area (TPSA) is 32.5 Å². The molecule has 0 saturated carbocycles. The lowest BCUT2D eigenvalue weighted by Crippen LogP contribution is -2.50. The summed E-state index contributed by atoms with van der Waals surface area (Å²) in [7, 11) is 0. The van der Waals surface area contributed by atoms with Gasteiger partial charge in [0.25, 0.3) is 0 Å². The number of rotatable bonds is 5. The number of hydrogen-bond acceptors (Lipinski definition) is 3. The van der Waals surface area contributed by atoms with E-state index in [1.54, 1.807) is 0 Å². The molecule has 2 unspecified atom stereocenters. The van der Waals surface area contributed by atoms with Crippen LogP contribution in [0.1, 0.15) is 43.0 Å². The van der Waals surface area contributed by atoms with E-state index in [1.165, 1.54) is 36.2 Å². The van der Waals surface area contributed by atoms with Crippen LogP contribution in [0, 0.1) is 13.8 Å². The highest BCUT2D eigenvalue weighted by Crippen LogP contribution is 2.19. The second-order valence-electron chi connectivity index (χ2n) is 6.56. The van der Waals surface area contributed by atoms with Crippen LogP contribution in [0.25, 0.3) is 0 Å². The predicted octanol–water partition coefficient (Wildman–Crippen LogP) is 2.72. The third-order valence-corrected chi connectivity index (χ3v) is 4.91. The molecule has 21 heavy (non-hydrogen) atoms. The summed E-state index contributed by atoms with van der Waals surface area (Å²) in [6.45, 7) is 14.5. The average molecular weight is 289 g/mol. The molecule has 2 atom stereocenters. The molecule has 1 heterocycles. The number of benzene rings is 1. The van der Waals surface area contributed by atoms with Crippen molar-refractivity contribution in [3.05, 3.63) is 34.9 Å². The van der Waals surface area contributed by atoms with Gasteiger partial charge in [0.2, 0.25) is 0 Å². The number of nitrogens with two attached hydrogens (primary N) is 1. The highest BCUT2D eigenvalue weighted by Gasteiger charge is 2.22. The van der Waals surface area contributed by atoms with Crippen molar-refractivity contribution in [3.8, 4) is 0 Å². The van der Waals surface area contributed by atoms with E-state index in [1.807, 2.05) is 0 Å². The van der Waals surface area contributed by atoms with Crippen molar-refractivity contribution in [2.75, 3.05) is 32.7 Å². The molecule has 1 aliphatic heterocycles. The van der Waals surface area contributed by atoms with E-state index in [0.29, 0.717) is 6.04 Å². The zero-order chi connectivity index (χ0) is 15.4. The van der Waals surface area contributed by atoms with Gasteiger partial charge in [0, 0.05) is 44.8 Å². The van der Waals surface area contributed by atoms with E-state index in [2.05, 4.69) is 55.7 Å². The SMILES string of the molecule is CCC(C)N1CCN(CC(N)c2cc(C)ccc2C)CC1. The number of hydrogen-bond donors (Lipinski definition) is 1. The molecule has 1 saturated heterocycles. The lowest BCUT2D eigenvalue weighted by atomic mass is 9.99. The van der Waals surface area contributed by atoms with Crippen LogP contribution >= 0.6 is 0 Å². The molecule has 118 valence electrons. The minimum Gasteiger partial charge on any atom is -0.323 e. The number of piperazine rings is 1. The summed E-state index contributed by atoms with van der Waals surface area (Å²) >= 11 is 0. The molecule has 0 bridgehead atoms. The highest BCUT2D eigenvalue weighted by atomic mass is 15.3. The Bertz CT molecular complexity index is 450. The van der Waals surface area contributed by atoms with Crippen molar-refractivity contribution in [1.82, 2.24) is 9.80 Å². The minimum atomic E-state index is 0.125. The Kier molecular flexibility index (Phi) is 5.80. The largest absolute Gasteiger partial charge is 0.323 e. The maximum Gasteiger partial charge on any atom is 0.0427 e. The molecule has 2 rings (SSSR count). The molecule has 1 fully saturated rings. The van der Waals surface area contributed by atoms with Crippen molar-refractivity contribution in [3.63, 3.8) is 0 Å². The van der Waals surface area contributed by atoms with Crippen LogP contribution in [0.3, 0.4) is 0 Å². The molecule has 0 aliphatic carbocycles. The summed E-state index contributed by atoms with van der Waals surface area (Å²) in [4.78, 5) is 5.12. The standard InChI is InChI=1S/C18H31N3/c1-5-16(4)21-10-8-20(9-11-21)13-18(19)17-12-14(2)6-7-15(17)3/h6-7,12,16,18H,5,8-11,13,19H2,1-4H3. The summed E-state index contributed by atoms with van der Waals surface area (Å²) in [6.07, 6.45) is 1.24.